The van der Waals surface area contributed by atoms with Gasteiger partial charge in [-0.25, -0.2) is 0 Å². The molecule has 2 rings (SSSR count). The lowest BCUT2D eigenvalue weighted by atomic mass is 10.1. The fourth-order valence-electron chi connectivity index (χ4n) is 1.98. The summed E-state index contributed by atoms with van der Waals surface area (Å²) in [6, 6.07) is 14.5. The van der Waals surface area contributed by atoms with E-state index in [1.165, 1.54) is 0 Å². The van der Waals surface area contributed by atoms with Crippen molar-refractivity contribution in [3.05, 3.63) is 54.0 Å². The molecular formula is C16H18N2O. The lowest BCUT2D eigenvalue weighted by molar-refractivity contribution is 0.495. The van der Waals surface area contributed by atoms with Crippen molar-refractivity contribution in [2.75, 3.05) is 5.32 Å². The molecule has 0 fully saturated rings. The number of benzene rings is 1. The van der Waals surface area contributed by atoms with Crippen LogP contribution in [-0.4, -0.2) is 6.04 Å². The van der Waals surface area contributed by atoms with E-state index < -0.39 is 0 Å². The average Bonchev–Trinajstić information content (AvgIpc) is 2.92. The van der Waals surface area contributed by atoms with Crippen LogP contribution in [0.1, 0.15) is 24.7 Å². The summed E-state index contributed by atoms with van der Waals surface area (Å²) in [6.45, 7) is 2.16. The van der Waals surface area contributed by atoms with Gasteiger partial charge in [0.25, 0.3) is 0 Å². The van der Waals surface area contributed by atoms with Crippen LogP contribution in [0.4, 0.5) is 5.69 Å². The second-order valence-electron chi connectivity index (χ2n) is 4.70. The van der Waals surface area contributed by atoms with Crippen molar-refractivity contribution in [3.8, 4) is 6.07 Å². The first-order chi connectivity index (χ1) is 9.28. The van der Waals surface area contributed by atoms with Crippen molar-refractivity contribution in [2.45, 2.75) is 32.2 Å². The van der Waals surface area contributed by atoms with Crippen LogP contribution in [0, 0.1) is 11.3 Å². The maximum atomic E-state index is 8.62. The number of hydrogen-bond donors (Lipinski definition) is 1. The molecule has 1 heterocycles. The molecule has 0 bridgehead atoms. The molecule has 0 aliphatic rings. The number of aryl methyl sites for hydroxylation is 1. The highest BCUT2D eigenvalue weighted by atomic mass is 16.3. The van der Waals surface area contributed by atoms with Crippen LogP contribution in [0.15, 0.2) is 47.1 Å². The molecule has 98 valence electrons. The quantitative estimate of drug-likeness (QED) is 0.853. The van der Waals surface area contributed by atoms with Crippen LogP contribution in [0.3, 0.4) is 0 Å². The lowest BCUT2D eigenvalue weighted by Gasteiger charge is -2.14. The summed E-state index contributed by atoms with van der Waals surface area (Å²) < 4.78 is 5.32. The van der Waals surface area contributed by atoms with Crippen LogP contribution in [0.5, 0.6) is 0 Å². The van der Waals surface area contributed by atoms with Gasteiger partial charge in [-0.15, -0.1) is 0 Å². The van der Waals surface area contributed by atoms with Gasteiger partial charge in [0, 0.05) is 18.2 Å². The molecule has 0 aliphatic heterocycles. The molecule has 3 nitrogen and oxygen atoms in total. The van der Waals surface area contributed by atoms with E-state index >= 15 is 0 Å². The summed E-state index contributed by atoms with van der Waals surface area (Å²) in [6.07, 6.45) is 4.14. The number of nitrogens with zero attached hydrogens (tertiary/aromatic N) is 1. The predicted octanol–water partition coefficient (Wildman–Crippen LogP) is 3.78. The van der Waals surface area contributed by atoms with Gasteiger partial charge in [-0.2, -0.15) is 5.26 Å². The van der Waals surface area contributed by atoms with Gasteiger partial charge in [-0.1, -0.05) is 12.1 Å². The Bertz CT molecular complexity index is 523. The molecule has 0 radical (unpaired) electrons. The lowest BCUT2D eigenvalue weighted by Crippen LogP contribution is -2.15. The molecular weight excluding hydrogens is 236 g/mol. The molecule has 1 aromatic carbocycles. The Kier molecular flexibility index (Phi) is 4.63. The topological polar surface area (TPSA) is 49.0 Å². The molecule has 0 amide bonds. The van der Waals surface area contributed by atoms with E-state index in [0.717, 1.165) is 29.9 Å². The first-order valence-corrected chi connectivity index (χ1v) is 6.53. The van der Waals surface area contributed by atoms with E-state index in [1.54, 1.807) is 6.26 Å². The van der Waals surface area contributed by atoms with Gasteiger partial charge in [-0.3, -0.25) is 0 Å². The van der Waals surface area contributed by atoms with E-state index in [9.17, 15) is 0 Å². The molecule has 3 heteroatoms. The van der Waals surface area contributed by atoms with E-state index in [4.69, 9.17) is 9.68 Å². The van der Waals surface area contributed by atoms with Crippen LogP contribution in [0.25, 0.3) is 0 Å². The van der Waals surface area contributed by atoms with Crippen LogP contribution in [0.2, 0.25) is 0 Å². The average molecular weight is 254 g/mol. The zero-order chi connectivity index (χ0) is 13.5. The molecule has 2 aromatic rings. The highest BCUT2D eigenvalue weighted by Crippen LogP contribution is 2.13. The normalized spacial score (nSPS) is 11.8. The zero-order valence-electron chi connectivity index (χ0n) is 11.1. The van der Waals surface area contributed by atoms with E-state index in [2.05, 4.69) is 18.3 Å². The second-order valence-corrected chi connectivity index (χ2v) is 4.70. The van der Waals surface area contributed by atoms with Crippen molar-refractivity contribution < 1.29 is 4.42 Å². The van der Waals surface area contributed by atoms with Gasteiger partial charge in [0.15, 0.2) is 0 Å². The Morgan fingerprint density at radius 1 is 1.26 bits per heavy atom. The summed E-state index contributed by atoms with van der Waals surface area (Å²) in [7, 11) is 0. The summed E-state index contributed by atoms with van der Waals surface area (Å²) in [5.74, 6) is 1.03. The minimum atomic E-state index is 0.381. The molecule has 1 unspecified atom stereocenters. The third-order valence-electron chi connectivity index (χ3n) is 3.05. The molecule has 1 N–H and O–H groups in total. The summed E-state index contributed by atoms with van der Waals surface area (Å²) in [5.41, 5.74) is 2.14. The number of anilines is 1. The maximum absolute atomic E-state index is 8.62. The number of furan rings is 1. The standard InChI is InChI=1S/C16H18N2O/c1-13(4-9-16-3-2-12-19-16)18-15-7-5-14(6-8-15)10-11-17/h2-3,5-8,12-13,18H,4,9-10H2,1H3. The molecule has 0 saturated carbocycles. The predicted molar refractivity (Wildman–Crippen MR) is 75.9 cm³/mol. The minimum Gasteiger partial charge on any atom is -0.469 e. The smallest absolute Gasteiger partial charge is 0.103 e. The van der Waals surface area contributed by atoms with Gasteiger partial charge in [-0.05, 0) is 43.2 Å². The van der Waals surface area contributed by atoms with Gasteiger partial charge >= 0.3 is 0 Å². The van der Waals surface area contributed by atoms with E-state index in [-0.39, 0.29) is 0 Å². The van der Waals surface area contributed by atoms with Gasteiger partial charge in [0.2, 0.25) is 0 Å². The SMILES string of the molecule is CC(CCc1ccco1)Nc1ccc(CC#N)cc1. The number of nitriles is 1. The first-order valence-electron chi connectivity index (χ1n) is 6.53. The highest BCUT2D eigenvalue weighted by Gasteiger charge is 2.04. The largest absolute Gasteiger partial charge is 0.469 e. The van der Waals surface area contributed by atoms with Crippen molar-refractivity contribution in [1.29, 1.82) is 5.26 Å². The molecule has 1 atom stereocenters. The zero-order valence-corrected chi connectivity index (χ0v) is 11.1. The molecule has 1 aromatic heterocycles. The summed E-state index contributed by atoms with van der Waals surface area (Å²) in [5, 5.41) is 12.1. The van der Waals surface area contributed by atoms with E-state index in [0.29, 0.717) is 12.5 Å². The van der Waals surface area contributed by atoms with Gasteiger partial charge in [0.05, 0.1) is 18.8 Å². The van der Waals surface area contributed by atoms with E-state index in [1.807, 2.05) is 36.4 Å². The summed E-state index contributed by atoms with van der Waals surface area (Å²) >= 11 is 0. The van der Waals surface area contributed by atoms with Crippen molar-refractivity contribution >= 4 is 5.69 Å². The molecule has 0 spiro atoms. The first kappa shape index (κ1) is 13.2. The summed E-state index contributed by atoms with van der Waals surface area (Å²) in [4.78, 5) is 0. The Morgan fingerprint density at radius 2 is 2.05 bits per heavy atom. The van der Waals surface area contributed by atoms with Gasteiger partial charge < -0.3 is 9.73 Å². The molecule has 19 heavy (non-hydrogen) atoms. The number of rotatable bonds is 6. The van der Waals surface area contributed by atoms with Crippen molar-refractivity contribution in [3.63, 3.8) is 0 Å². The Balaban J connectivity index is 1.81. The second kappa shape index (κ2) is 6.65. The third kappa shape index (κ3) is 4.18. The Labute approximate surface area is 113 Å². The number of hydrogen-bond acceptors (Lipinski definition) is 3. The third-order valence-corrected chi connectivity index (χ3v) is 3.05. The maximum Gasteiger partial charge on any atom is 0.103 e. The van der Waals surface area contributed by atoms with Gasteiger partial charge in [0.1, 0.15) is 5.76 Å². The van der Waals surface area contributed by atoms with Crippen LogP contribution >= 0.6 is 0 Å². The minimum absolute atomic E-state index is 0.381. The molecule has 0 aliphatic carbocycles. The Morgan fingerprint density at radius 3 is 2.68 bits per heavy atom. The van der Waals surface area contributed by atoms with Crippen LogP contribution < -0.4 is 5.32 Å². The molecule has 0 saturated heterocycles. The van der Waals surface area contributed by atoms with Crippen molar-refractivity contribution in [2.24, 2.45) is 0 Å². The fourth-order valence-corrected chi connectivity index (χ4v) is 1.98. The van der Waals surface area contributed by atoms with Crippen LogP contribution in [-0.2, 0) is 12.8 Å². The number of nitrogens with one attached hydrogen (secondary N) is 1. The fraction of sp³-hybridized carbons (Fsp3) is 0.312. The Hall–Kier alpha value is -2.21. The highest BCUT2D eigenvalue weighted by molar-refractivity contribution is 5.45. The van der Waals surface area contributed by atoms with Crippen molar-refractivity contribution in [1.82, 2.24) is 0 Å². The monoisotopic (exact) mass is 254 g/mol.